The Hall–Kier alpha value is -0.160. The molecule has 3 N–H and O–H groups in total. The number of hydrogen-bond donors (Lipinski definition) is 2. The number of nitrogens with one attached hydrogen (secondary N) is 1. The molecule has 0 aromatic rings. The van der Waals surface area contributed by atoms with E-state index in [1.807, 2.05) is 0 Å². The molecule has 0 atom stereocenters. The lowest BCUT2D eigenvalue weighted by Crippen LogP contribution is -2.60. The van der Waals surface area contributed by atoms with E-state index in [-0.39, 0.29) is 0 Å². The molecule has 0 unspecified atom stereocenters. The summed E-state index contributed by atoms with van der Waals surface area (Å²) < 4.78 is 5.23. The van der Waals surface area contributed by atoms with Crippen molar-refractivity contribution >= 4 is 0 Å². The van der Waals surface area contributed by atoms with Crippen molar-refractivity contribution in [2.24, 2.45) is 5.73 Å². The zero-order valence-corrected chi connectivity index (χ0v) is 8.62. The van der Waals surface area contributed by atoms with Crippen molar-refractivity contribution in [3.8, 4) is 0 Å². The number of likely N-dealkylation sites (tertiary alicyclic amines) is 1. The fraction of sp³-hybridized carbons (Fsp3) is 1.00. The lowest BCUT2D eigenvalue weighted by Gasteiger charge is -2.42. The summed E-state index contributed by atoms with van der Waals surface area (Å²) in [5.41, 5.74) is 5.29. The second kappa shape index (κ2) is 5.54. The molecule has 1 heterocycles. The molecule has 13 heavy (non-hydrogen) atoms. The second-order valence-electron chi connectivity index (χ2n) is 3.79. The average molecular weight is 187 g/mol. The summed E-state index contributed by atoms with van der Waals surface area (Å²) in [6, 6.07) is 1.28. The Kier molecular flexibility index (Phi) is 4.66. The van der Waals surface area contributed by atoms with Crippen molar-refractivity contribution in [3.05, 3.63) is 0 Å². The first-order valence-corrected chi connectivity index (χ1v) is 4.99. The summed E-state index contributed by atoms with van der Waals surface area (Å²) in [5.74, 6) is 0. The summed E-state index contributed by atoms with van der Waals surface area (Å²) in [6.45, 7) is 8.61. The number of nitrogens with two attached hydrogens (primary N) is 1. The van der Waals surface area contributed by atoms with E-state index >= 15 is 0 Å². The van der Waals surface area contributed by atoms with E-state index in [1.165, 1.54) is 0 Å². The molecule has 0 radical (unpaired) electrons. The van der Waals surface area contributed by atoms with E-state index in [0.29, 0.717) is 32.0 Å². The van der Waals surface area contributed by atoms with Crippen LogP contribution in [0.15, 0.2) is 0 Å². The summed E-state index contributed by atoms with van der Waals surface area (Å²) in [5, 5.41) is 3.32. The molecule has 1 aliphatic heterocycles. The number of ether oxygens (including phenoxy) is 1. The van der Waals surface area contributed by atoms with Crippen LogP contribution in [0.1, 0.15) is 13.8 Å². The number of rotatable bonds is 6. The predicted molar refractivity (Wildman–Crippen MR) is 53.5 cm³/mol. The molecule has 1 rings (SSSR count). The van der Waals surface area contributed by atoms with Crippen molar-refractivity contribution < 1.29 is 4.74 Å². The van der Waals surface area contributed by atoms with Gasteiger partial charge in [-0.05, 0) is 13.8 Å². The van der Waals surface area contributed by atoms with Gasteiger partial charge in [-0.3, -0.25) is 10.2 Å². The highest BCUT2D eigenvalue weighted by molar-refractivity contribution is 4.86. The Morgan fingerprint density at radius 2 is 2.23 bits per heavy atom. The first-order valence-electron chi connectivity index (χ1n) is 4.99. The number of nitrogens with zero attached hydrogens (tertiary/aromatic N) is 1. The molecular weight excluding hydrogens is 166 g/mol. The molecule has 0 amide bonds. The van der Waals surface area contributed by atoms with Crippen LogP contribution in [0.25, 0.3) is 0 Å². The second-order valence-corrected chi connectivity index (χ2v) is 3.79. The number of hydrogen-bond acceptors (Lipinski definition) is 4. The molecule has 0 aromatic heterocycles. The summed E-state index contributed by atoms with van der Waals surface area (Å²) >= 11 is 0. The first kappa shape index (κ1) is 10.9. The predicted octanol–water partition coefficient (Wildman–Crippen LogP) is -0.399. The molecule has 0 bridgehead atoms. The van der Waals surface area contributed by atoms with Gasteiger partial charge in [0.2, 0.25) is 0 Å². The fourth-order valence-corrected chi connectivity index (χ4v) is 1.40. The molecule has 1 aliphatic rings. The van der Waals surface area contributed by atoms with Gasteiger partial charge in [0.25, 0.3) is 0 Å². The van der Waals surface area contributed by atoms with Crippen molar-refractivity contribution in [3.63, 3.8) is 0 Å². The van der Waals surface area contributed by atoms with Gasteiger partial charge in [-0.1, -0.05) is 0 Å². The highest BCUT2D eigenvalue weighted by atomic mass is 16.5. The maximum absolute atomic E-state index is 5.29. The molecule has 0 aliphatic carbocycles. The Morgan fingerprint density at radius 1 is 1.54 bits per heavy atom. The molecule has 0 aromatic carbocycles. The molecule has 1 fully saturated rings. The zero-order chi connectivity index (χ0) is 9.68. The maximum atomic E-state index is 5.29. The summed E-state index contributed by atoms with van der Waals surface area (Å²) in [7, 11) is 0. The van der Waals surface area contributed by atoms with Gasteiger partial charge in [-0.2, -0.15) is 0 Å². The van der Waals surface area contributed by atoms with Crippen molar-refractivity contribution in [1.82, 2.24) is 10.2 Å². The average Bonchev–Trinajstić information content (AvgIpc) is 2.00. The lowest BCUT2D eigenvalue weighted by molar-refractivity contribution is 0.0506. The van der Waals surface area contributed by atoms with Crippen LogP contribution in [0, 0.1) is 0 Å². The van der Waals surface area contributed by atoms with Gasteiger partial charge < -0.3 is 10.5 Å². The zero-order valence-electron chi connectivity index (χ0n) is 8.62. The van der Waals surface area contributed by atoms with E-state index in [2.05, 4.69) is 24.1 Å². The molecule has 4 heteroatoms. The monoisotopic (exact) mass is 187 g/mol. The van der Waals surface area contributed by atoms with Crippen LogP contribution in [-0.2, 0) is 4.74 Å². The Bertz CT molecular complexity index is 135. The van der Waals surface area contributed by atoms with Gasteiger partial charge >= 0.3 is 0 Å². The standard InChI is InChI=1S/C9H21N3O/c1-8(2)12-5-9(6-12)11-7-13-4-3-10/h8-9,11H,3-7,10H2,1-2H3. The van der Waals surface area contributed by atoms with Crippen LogP contribution in [-0.4, -0.2) is 50.0 Å². The minimum Gasteiger partial charge on any atom is -0.365 e. The largest absolute Gasteiger partial charge is 0.365 e. The lowest BCUT2D eigenvalue weighted by atomic mass is 10.1. The Morgan fingerprint density at radius 3 is 2.77 bits per heavy atom. The van der Waals surface area contributed by atoms with Gasteiger partial charge in [-0.25, -0.2) is 0 Å². The Labute approximate surface area is 80.4 Å². The molecule has 0 spiro atoms. The van der Waals surface area contributed by atoms with Crippen LogP contribution < -0.4 is 11.1 Å². The van der Waals surface area contributed by atoms with E-state index < -0.39 is 0 Å². The topological polar surface area (TPSA) is 50.5 Å². The smallest absolute Gasteiger partial charge is 0.0968 e. The molecule has 4 nitrogen and oxygen atoms in total. The van der Waals surface area contributed by atoms with Crippen molar-refractivity contribution in [1.29, 1.82) is 0 Å². The fourth-order valence-electron chi connectivity index (χ4n) is 1.40. The van der Waals surface area contributed by atoms with Gasteiger partial charge in [-0.15, -0.1) is 0 Å². The third-order valence-corrected chi connectivity index (χ3v) is 2.38. The van der Waals surface area contributed by atoms with Crippen molar-refractivity contribution in [2.45, 2.75) is 25.9 Å². The highest BCUT2D eigenvalue weighted by Gasteiger charge is 2.27. The third-order valence-electron chi connectivity index (χ3n) is 2.38. The Balaban J connectivity index is 1.90. The van der Waals surface area contributed by atoms with E-state index in [4.69, 9.17) is 10.5 Å². The van der Waals surface area contributed by atoms with E-state index in [0.717, 1.165) is 13.1 Å². The quantitative estimate of drug-likeness (QED) is 0.439. The van der Waals surface area contributed by atoms with E-state index in [9.17, 15) is 0 Å². The van der Waals surface area contributed by atoms with Gasteiger partial charge in [0.1, 0.15) is 0 Å². The normalized spacial score (nSPS) is 19.4. The van der Waals surface area contributed by atoms with Crippen LogP contribution >= 0.6 is 0 Å². The molecule has 0 saturated carbocycles. The van der Waals surface area contributed by atoms with Gasteiger partial charge in [0, 0.05) is 31.7 Å². The van der Waals surface area contributed by atoms with Gasteiger partial charge in [0.15, 0.2) is 0 Å². The van der Waals surface area contributed by atoms with Crippen LogP contribution in [0.5, 0.6) is 0 Å². The van der Waals surface area contributed by atoms with Gasteiger partial charge in [0.05, 0.1) is 13.3 Å². The molecule has 1 saturated heterocycles. The summed E-state index contributed by atoms with van der Waals surface area (Å²) in [6.07, 6.45) is 0. The molecular formula is C9H21N3O. The SMILES string of the molecule is CC(C)N1CC(NCOCCN)C1. The summed E-state index contributed by atoms with van der Waals surface area (Å²) in [4.78, 5) is 2.43. The van der Waals surface area contributed by atoms with Crippen LogP contribution in [0.2, 0.25) is 0 Å². The minimum atomic E-state index is 0.602. The third kappa shape index (κ3) is 3.60. The van der Waals surface area contributed by atoms with Crippen LogP contribution in [0.3, 0.4) is 0 Å². The maximum Gasteiger partial charge on any atom is 0.0968 e. The highest BCUT2D eigenvalue weighted by Crippen LogP contribution is 2.10. The van der Waals surface area contributed by atoms with Crippen LogP contribution in [0.4, 0.5) is 0 Å². The van der Waals surface area contributed by atoms with E-state index in [1.54, 1.807) is 0 Å². The first-order chi connectivity index (χ1) is 6.24. The molecule has 78 valence electrons. The van der Waals surface area contributed by atoms with Crippen molar-refractivity contribution in [2.75, 3.05) is 33.0 Å². The minimum absolute atomic E-state index is 0.602.